The predicted octanol–water partition coefficient (Wildman–Crippen LogP) is 23.1. The molecule has 0 aromatic heterocycles. The van der Waals surface area contributed by atoms with Gasteiger partial charge in [-0.15, -0.1) is 0 Å². The van der Waals surface area contributed by atoms with Gasteiger partial charge in [0.2, 0.25) is 0 Å². The van der Waals surface area contributed by atoms with Gasteiger partial charge in [-0.05, 0) is 64.2 Å². The maximum atomic E-state index is 12.3. The third-order valence-corrected chi connectivity index (χ3v) is 15.0. The van der Waals surface area contributed by atoms with Crippen LogP contribution in [0.3, 0.4) is 0 Å². The summed E-state index contributed by atoms with van der Waals surface area (Å²) in [6.45, 7) is 4.06. The van der Waals surface area contributed by atoms with E-state index in [0.29, 0.717) is 12.8 Å². The number of allylic oxidation sites excluding steroid dienone is 12. The molecule has 76 heavy (non-hydrogen) atoms. The summed E-state index contributed by atoms with van der Waals surface area (Å²) < 4.78 is 10.7. The van der Waals surface area contributed by atoms with Crippen molar-refractivity contribution in [2.24, 2.45) is 0 Å². The Labute approximate surface area is 473 Å². The fourth-order valence-electron chi connectivity index (χ4n) is 10.0. The van der Waals surface area contributed by atoms with E-state index in [2.05, 4.69) is 86.8 Å². The van der Waals surface area contributed by atoms with Crippen LogP contribution < -0.4 is 0 Å². The first kappa shape index (κ1) is 73.3. The van der Waals surface area contributed by atoms with E-state index < -0.39 is 6.10 Å². The van der Waals surface area contributed by atoms with E-state index >= 15 is 0 Å². The number of carbonyl (C=O) groups is 2. The highest BCUT2D eigenvalue weighted by Gasteiger charge is 2.16. The summed E-state index contributed by atoms with van der Waals surface area (Å²) in [4.78, 5) is 24.6. The average Bonchev–Trinajstić information content (AvgIpc) is 3.42. The minimum atomic E-state index is -0.780. The Balaban J connectivity index is 3.43. The van der Waals surface area contributed by atoms with Gasteiger partial charge in [-0.25, -0.2) is 0 Å². The maximum Gasteiger partial charge on any atom is 0.306 e. The van der Waals surface area contributed by atoms with E-state index in [1.54, 1.807) is 0 Å². The molecule has 0 saturated carbocycles. The fraction of sp³-hybridized carbons (Fsp3) is 0.803. The largest absolute Gasteiger partial charge is 0.462 e. The van der Waals surface area contributed by atoms with Crippen molar-refractivity contribution >= 4 is 11.9 Å². The number of carbonyl (C=O) groups excluding carboxylic acids is 2. The quantitative estimate of drug-likeness (QED) is 0.0373. The molecular weight excluding hydrogens is 933 g/mol. The summed E-state index contributed by atoms with van der Waals surface area (Å²) in [6.07, 6.45) is 92.1. The molecule has 0 aliphatic heterocycles. The first-order chi connectivity index (χ1) is 37.6. The Morgan fingerprint density at radius 3 is 0.855 bits per heavy atom. The molecule has 0 aromatic rings. The highest BCUT2D eigenvalue weighted by Crippen LogP contribution is 2.18. The highest BCUT2D eigenvalue weighted by atomic mass is 16.6. The number of esters is 2. The normalized spacial score (nSPS) is 12.6. The second-order valence-corrected chi connectivity index (χ2v) is 22.5. The van der Waals surface area contributed by atoms with E-state index in [0.717, 1.165) is 83.5 Å². The van der Waals surface area contributed by atoms with Crippen molar-refractivity contribution in [3.63, 3.8) is 0 Å². The van der Waals surface area contributed by atoms with Gasteiger partial charge in [-0.3, -0.25) is 9.59 Å². The van der Waals surface area contributed by atoms with Crippen molar-refractivity contribution in [2.75, 3.05) is 13.2 Å². The topological polar surface area (TPSA) is 72.8 Å². The molecule has 0 heterocycles. The molecule has 0 saturated heterocycles. The third-order valence-electron chi connectivity index (χ3n) is 15.0. The molecule has 0 fully saturated rings. The standard InChI is InChI=1S/C71H128O5/c1-3-5-7-9-11-13-15-17-19-21-23-25-27-29-31-32-33-34-35-36-37-38-40-41-43-45-47-49-51-53-55-57-59-61-63-65-70(73)75-68-69(67-72)76-71(74)66-64-62-60-58-56-54-52-50-48-46-44-42-39-30-28-26-24-22-20-18-16-14-12-10-8-6-4-2/h6,8,12,14,18,20,24,26,30,39,44,46,69,72H,3-5,7,9-11,13,15-17,19,21-23,25,27-29,31-38,40-43,45,47-68H2,1-2H3/b8-6-,14-12-,20-18-,26-24-,39-30-,46-44-. The van der Waals surface area contributed by atoms with Crippen LogP contribution in [-0.2, 0) is 19.1 Å². The van der Waals surface area contributed by atoms with Gasteiger partial charge in [-0.1, -0.05) is 344 Å². The number of unbranched alkanes of at least 4 members (excludes halogenated alkanes) is 42. The van der Waals surface area contributed by atoms with E-state index in [1.807, 2.05) is 0 Å². The number of aliphatic hydroxyl groups excluding tert-OH is 1. The summed E-state index contributed by atoms with van der Waals surface area (Å²) in [5, 5.41) is 9.69. The monoisotopic (exact) mass is 1060 g/mol. The van der Waals surface area contributed by atoms with Gasteiger partial charge in [0.05, 0.1) is 6.61 Å². The minimum Gasteiger partial charge on any atom is -0.462 e. The summed E-state index contributed by atoms with van der Waals surface area (Å²) in [7, 11) is 0. The molecule has 0 aliphatic rings. The van der Waals surface area contributed by atoms with Gasteiger partial charge in [0.15, 0.2) is 6.10 Å². The molecule has 5 heteroatoms. The Morgan fingerprint density at radius 2 is 0.566 bits per heavy atom. The van der Waals surface area contributed by atoms with Gasteiger partial charge in [-0.2, -0.15) is 0 Å². The predicted molar refractivity (Wildman–Crippen MR) is 334 cm³/mol. The van der Waals surface area contributed by atoms with Crippen LogP contribution in [0, 0.1) is 0 Å². The van der Waals surface area contributed by atoms with Crippen LogP contribution in [0.2, 0.25) is 0 Å². The zero-order valence-corrected chi connectivity index (χ0v) is 50.8. The number of hydrogen-bond acceptors (Lipinski definition) is 5. The zero-order chi connectivity index (χ0) is 54.8. The van der Waals surface area contributed by atoms with Crippen molar-refractivity contribution in [1.82, 2.24) is 0 Å². The SMILES string of the molecule is CC/C=C\C/C=C\C/C=C\C/C=C\C/C=C\C/C=C\CCCCCCCCCCC(=O)OC(CO)COC(=O)CCCCCCCCCCCCCCCCCCCCCCCCCCCCCCCCCCCCC. The lowest BCUT2D eigenvalue weighted by molar-refractivity contribution is -0.161. The second-order valence-electron chi connectivity index (χ2n) is 22.5. The molecule has 1 unspecified atom stereocenters. The van der Waals surface area contributed by atoms with Gasteiger partial charge in [0.25, 0.3) is 0 Å². The summed E-state index contributed by atoms with van der Waals surface area (Å²) in [5.74, 6) is -0.588. The molecule has 0 amide bonds. The van der Waals surface area contributed by atoms with Gasteiger partial charge < -0.3 is 14.6 Å². The van der Waals surface area contributed by atoms with Crippen molar-refractivity contribution in [3.8, 4) is 0 Å². The van der Waals surface area contributed by atoms with E-state index in [9.17, 15) is 14.7 Å². The van der Waals surface area contributed by atoms with Crippen LogP contribution in [-0.4, -0.2) is 36.4 Å². The van der Waals surface area contributed by atoms with E-state index in [-0.39, 0.29) is 25.2 Å². The van der Waals surface area contributed by atoms with Crippen LogP contribution in [0.15, 0.2) is 72.9 Å². The Morgan fingerprint density at radius 1 is 0.316 bits per heavy atom. The van der Waals surface area contributed by atoms with Crippen LogP contribution >= 0.6 is 0 Å². The zero-order valence-electron chi connectivity index (χ0n) is 50.8. The van der Waals surface area contributed by atoms with Crippen LogP contribution in [0.1, 0.15) is 348 Å². The second kappa shape index (κ2) is 66.6. The summed E-state index contributed by atoms with van der Waals surface area (Å²) in [6, 6.07) is 0. The smallest absolute Gasteiger partial charge is 0.306 e. The molecule has 442 valence electrons. The van der Waals surface area contributed by atoms with Crippen LogP contribution in [0.25, 0.3) is 0 Å². The first-order valence-corrected chi connectivity index (χ1v) is 33.5. The number of hydrogen-bond donors (Lipinski definition) is 1. The van der Waals surface area contributed by atoms with Crippen molar-refractivity contribution in [3.05, 3.63) is 72.9 Å². The van der Waals surface area contributed by atoms with E-state index in [4.69, 9.17) is 9.47 Å². The van der Waals surface area contributed by atoms with E-state index in [1.165, 1.54) is 238 Å². The lowest BCUT2D eigenvalue weighted by atomic mass is 10.0. The molecule has 0 rings (SSSR count). The molecular formula is C71H128O5. The maximum absolute atomic E-state index is 12.3. The summed E-state index contributed by atoms with van der Waals surface area (Å²) in [5.41, 5.74) is 0. The number of rotatable bonds is 62. The van der Waals surface area contributed by atoms with Crippen LogP contribution in [0.5, 0.6) is 0 Å². The number of aliphatic hydroxyl groups is 1. The van der Waals surface area contributed by atoms with Crippen molar-refractivity contribution in [1.29, 1.82) is 0 Å². The molecule has 0 aliphatic carbocycles. The van der Waals surface area contributed by atoms with Gasteiger partial charge in [0, 0.05) is 12.8 Å². The van der Waals surface area contributed by atoms with Gasteiger partial charge >= 0.3 is 11.9 Å². The van der Waals surface area contributed by atoms with Crippen molar-refractivity contribution in [2.45, 2.75) is 354 Å². The molecule has 0 radical (unpaired) electrons. The Kier molecular flexibility index (Phi) is 64.3. The van der Waals surface area contributed by atoms with Gasteiger partial charge in [0.1, 0.15) is 6.61 Å². The fourth-order valence-corrected chi connectivity index (χ4v) is 10.0. The molecule has 1 atom stereocenters. The lowest BCUT2D eigenvalue weighted by Gasteiger charge is -2.15. The average molecular weight is 1060 g/mol. The number of ether oxygens (including phenoxy) is 2. The van der Waals surface area contributed by atoms with Crippen LogP contribution in [0.4, 0.5) is 0 Å². The minimum absolute atomic E-state index is 0.0686. The molecule has 1 N–H and O–H groups in total. The first-order valence-electron chi connectivity index (χ1n) is 33.5. The van der Waals surface area contributed by atoms with Crippen molar-refractivity contribution < 1.29 is 24.2 Å². The molecule has 0 spiro atoms. The molecule has 5 nitrogen and oxygen atoms in total. The molecule has 0 bridgehead atoms. The third kappa shape index (κ3) is 63.9. The summed E-state index contributed by atoms with van der Waals surface area (Å²) >= 11 is 0. The Bertz CT molecular complexity index is 1340. The lowest BCUT2D eigenvalue weighted by Crippen LogP contribution is -2.28. The molecule has 0 aromatic carbocycles. The highest BCUT2D eigenvalue weighted by molar-refractivity contribution is 5.70. The Hall–Kier alpha value is -2.66.